The monoisotopic (exact) mass is 809 g/mol. The maximum Gasteiger partial charge on any atom is 0.519 e. The predicted octanol–water partition coefficient (Wildman–Crippen LogP) is 9.43. The fourth-order valence-corrected chi connectivity index (χ4v) is 8.87. The third-order valence-electron chi connectivity index (χ3n) is 9.84. The van der Waals surface area contributed by atoms with Gasteiger partial charge in [-0.05, 0) is 46.2 Å². The van der Waals surface area contributed by atoms with Gasteiger partial charge in [0.25, 0.3) is 17.5 Å². The maximum atomic E-state index is 14.3. The molecule has 3 heterocycles. The second-order valence-electron chi connectivity index (χ2n) is 13.2. The van der Waals surface area contributed by atoms with E-state index in [1.807, 2.05) is 36.4 Å². The molecule has 0 N–H and O–H groups in total. The molecule has 282 valence electrons. The van der Waals surface area contributed by atoms with Crippen LogP contribution in [0.2, 0.25) is 0 Å². The summed E-state index contributed by atoms with van der Waals surface area (Å²) in [5.74, 6) is -0.664. The van der Waals surface area contributed by atoms with Gasteiger partial charge in [0, 0.05) is 78.6 Å². The number of fused-ring (bicyclic) bond motifs is 6. The van der Waals surface area contributed by atoms with Crippen LogP contribution in [0.5, 0.6) is 17.2 Å². The fraction of sp³-hybridized carbons (Fsp3) is 0.171. The minimum absolute atomic E-state index is 0.0434. The van der Waals surface area contributed by atoms with Gasteiger partial charge in [-0.3, -0.25) is 24.5 Å². The number of non-ortho nitro benzene ring substituents is 1. The lowest BCUT2D eigenvalue weighted by Crippen LogP contribution is -2.30. The zero-order valence-electron chi connectivity index (χ0n) is 29.4. The summed E-state index contributed by atoms with van der Waals surface area (Å²) in [5, 5.41) is 13.9. The third-order valence-corrected chi connectivity index (χ3v) is 11.6. The molecule has 8 rings (SSSR count). The van der Waals surface area contributed by atoms with Crippen LogP contribution in [0.3, 0.4) is 0 Å². The number of esters is 1. The molecular formula is C41H29Cl2N3O9S. The van der Waals surface area contributed by atoms with Crippen molar-refractivity contribution in [2.24, 2.45) is 0 Å². The molecule has 2 atom stereocenters. The first-order valence-electron chi connectivity index (χ1n) is 17.4. The summed E-state index contributed by atoms with van der Waals surface area (Å²) < 4.78 is 16.6. The molecule has 0 fully saturated rings. The zero-order chi connectivity index (χ0) is 39.2. The standard InChI is InChI=1S/C41H29Cl2N3O9S/c1-22(47)53-33-16-31-37(29-8-4-2-6-27(29)33)23(18-42)20-44(31)39(48)35-14-15-36(56-35)40(49)45-21-24(19-43)38-30-9-5-3-7-28(30)34(17-32(38)45)55-41(50)54-26-12-10-25(11-13-26)46(51)52/h2-17,23-24H,18-21H2,1H3/t23-,24-/m1/s1. The molecule has 15 heteroatoms. The molecule has 0 aliphatic carbocycles. The fourth-order valence-electron chi connectivity index (χ4n) is 7.46. The van der Waals surface area contributed by atoms with Gasteiger partial charge in [0.2, 0.25) is 0 Å². The molecule has 0 bridgehead atoms. The van der Waals surface area contributed by atoms with E-state index >= 15 is 0 Å². The number of rotatable bonds is 8. The molecule has 0 radical (unpaired) electrons. The molecule has 0 saturated carbocycles. The largest absolute Gasteiger partial charge is 0.519 e. The number of nitro benzene ring substituents is 1. The average Bonchev–Trinajstić information content (AvgIpc) is 3.94. The highest BCUT2D eigenvalue weighted by Crippen LogP contribution is 2.48. The highest BCUT2D eigenvalue weighted by atomic mass is 35.5. The summed E-state index contributed by atoms with van der Waals surface area (Å²) in [6.45, 7) is 1.85. The molecule has 0 spiro atoms. The van der Waals surface area contributed by atoms with E-state index in [0.717, 1.165) is 38.6 Å². The van der Waals surface area contributed by atoms with Crippen molar-refractivity contribution in [2.75, 3.05) is 34.6 Å². The Hall–Kier alpha value is -6.02. The van der Waals surface area contributed by atoms with Crippen LogP contribution in [0, 0.1) is 10.1 Å². The van der Waals surface area contributed by atoms with Gasteiger partial charge in [0.1, 0.15) is 17.2 Å². The minimum Gasteiger partial charge on any atom is -0.426 e. The minimum atomic E-state index is -1.08. The lowest BCUT2D eigenvalue weighted by Gasteiger charge is -2.19. The van der Waals surface area contributed by atoms with Crippen molar-refractivity contribution in [1.29, 1.82) is 0 Å². The van der Waals surface area contributed by atoms with Crippen LogP contribution in [-0.4, -0.2) is 53.7 Å². The first kappa shape index (κ1) is 36.9. The van der Waals surface area contributed by atoms with Crippen LogP contribution in [-0.2, 0) is 4.79 Å². The molecule has 2 amide bonds. The van der Waals surface area contributed by atoms with Crippen molar-refractivity contribution >= 4 is 97.1 Å². The Bertz CT molecular complexity index is 2610. The molecule has 0 unspecified atom stereocenters. The Morgan fingerprint density at radius 1 is 0.696 bits per heavy atom. The first-order valence-corrected chi connectivity index (χ1v) is 19.2. The number of ether oxygens (including phenoxy) is 3. The van der Waals surface area contributed by atoms with Crippen molar-refractivity contribution in [3.8, 4) is 17.2 Å². The number of hydrogen-bond donors (Lipinski definition) is 0. The summed E-state index contributed by atoms with van der Waals surface area (Å²) in [6, 6.07) is 26.2. The number of carbonyl (C=O) groups is 4. The summed E-state index contributed by atoms with van der Waals surface area (Å²) >= 11 is 14.0. The smallest absolute Gasteiger partial charge is 0.426 e. The van der Waals surface area contributed by atoms with Crippen molar-refractivity contribution in [3.63, 3.8) is 0 Å². The second kappa shape index (κ2) is 14.9. The number of thiophene rings is 1. The number of halogens is 2. The van der Waals surface area contributed by atoms with Crippen LogP contribution in [0.15, 0.2) is 97.1 Å². The van der Waals surface area contributed by atoms with Crippen LogP contribution in [0.4, 0.5) is 21.9 Å². The second-order valence-corrected chi connectivity index (χ2v) is 14.9. The molecule has 56 heavy (non-hydrogen) atoms. The zero-order valence-corrected chi connectivity index (χ0v) is 31.7. The van der Waals surface area contributed by atoms with Gasteiger partial charge >= 0.3 is 12.1 Å². The number of carbonyl (C=O) groups excluding carboxylic acids is 4. The van der Waals surface area contributed by atoms with Gasteiger partial charge in [-0.15, -0.1) is 34.5 Å². The van der Waals surface area contributed by atoms with Crippen molar-refractivity contribution in [2.45, 2.75) is 18.8 Å². The molecule has 0 saturated heterocycles. The maximum absolute atomic E-state index is 14.3. The molecule has 2 aliphatic rings. The number of benzene rings is 5. The Kier molecular flexibility index (Phi) is 9.83. The van der Waals surface area contributed by atoms with Crippen molar-refractivity contribution < 1.29 is 38.3 Å². The molecule has 5 aromatic carbocycles. The molecule has 6 aromatic rings. The predicted molar refractivity (Wildman–Crippen MR) is 214 cm³/mol. The van der Waals surface area contributed by atoms with Crippen LogP contribution in [0.25, 0.3) is 21.5 Å². The van der Waals surface area contributed by atoms with Gasteiger partial charge in [-0.25, -0.2) is 4.79 Å². The number of anilines is 2. The summed E-state index contributed by atoms with van der Waals surface area (Å²) in [6.07, 6.45) is -1.08. The van der Waals surface area contributed by atoms with E-state index in [4.69, 9.17) is 37.4 Å². The van der Waals surface area contributed by atoms with Crippen LogP contribution >= 0.6 is 34.5 Å². The van der Waals surface area contributed by atoms with E-state index in [1.165, 1.54) is 31.2 Å². The number of alkyl halides is 2. The van der Waals surface area contributed by atoms with E-state index in [1.54, 1.807) is 46.2 Å². The first-order chi connectivity index (χ1) is 27.1. The number of nitro groups is 1. The van der Waals surface area contributed by atoms with E-state index in [2.05, 4.69) is 0 Å². The number of nitrogens with zero attached hydrogens (tertiary/aromatic N) is 3. The quantitative estimate of drug-likeness (QED) is 0.0367. The van der Waals surface area contributed by atoms with Crippen LogP contribution in [0.1, 0.15) is 49.2 Å². The normalized spacial score (nSPS) is 15.8. The van der Waals surface area contributed by atoms with E-state index in [-0.39, 0.29) is 59.1 Å². The SMILES string of the molecule is CC(=O)Oc1cc2c(c3ccccc13)[C@H](CCl)CN2C(=O)c1ccc(C(=O)N2C[C@@H](CCl)c3c2cc(OC(=O)Oc2ccc([N+](=O)[O-])cc2)c2ccccc32)s1. The highest BCUT2D eigenvalue weighted by molar-refractivity contribution is 7.16. The van der Waals surface area contributed by atoms with E-state index in [0.29, 0.717) is 38.8 Å². The van der Waals surface area contributed by atoms with E-state index < -0.39 is 17.0 Å². The van der Waals surface area contributed by atoms with Gasteiger partial charge < -0.3 is 24.0 Å². The molecule has 2 aliphatic heterocycles. The lowest BCUT2D eigenvalue weighted by atomic mass is 9.95. The molecule has 12 nitrogen and oxygen atoms in total. The van der Waals surface area contributed by atoms with Gasteiger partial charge in [0.15, 0.2) is 0 Å². The summed E-state index contributed by atoms with van der Waals surface area (Å²) in [4.78, 5) is 67.8. The third kappa shape index (κ3) is 6.57. The van der Waals surface area contributed by atoms with Gasteiger partial charge in [-0.1, -0.05) is 48.5 Å². The van der Waals surface area contributed by atoms with Crippen molar-refractivity contribution in [1.82, 2.24) is 0 Å². The summed E-state index contributed by atoms with van der Waals surface area (Å²) in [7, 11) is 0. The number of amides is 2. The highest BCUT2D eigenvalue weighted by Gasteiger charge is 2.38. The Morgan fingerprint density at radius 3 is 1.61 bits per heavy atom. The van der Waals surface area contributed by atoms with Gasteiger partial charge in [-0.2, -0.15) is 0 Å². The Morgan fingerprint density at radius 2 is 1.16 bits per heavy atom. The van der Waals surface area contributed by atoms with Crippen molar-refractivity contribution in [3.05, 3.63) is 128 Å². The number of hydrogen-bond acceptors (Lipinski definition) is 10. The molecular weight excluding hydrogens is 781 g/mol. The Balaban J connectivity index is 1.10. The summed E-state index contributed by atoms with van der Waals surface area (Å²) in [5.41, 5.74) is 2.60. The molecule has 1 aromatic heterocycles. The van der Waals surface area contributed by atoms with Crippen LogP contribution < -0.4 is 24.0 Å². The van der Waals surface area contributed by atoms with Gasteiger partial charge in [0.05, 0.1) is 26.1 Å². The average molecular weight is 811 g/mol. The lowest BCUT2D eigenvalue weighted by molar-refractivity contribution is -0.384. The van der Waals surface area contributed by atoms with E-state index in [9.17, 15) is 29.3 Å². The Labute approximate surface area is 332 Å². The topological polar surface area (TPSA) is 146 Å².